The molecule has 2 aromatic rings. The lowest BCUT2D eigenvalue weighted by Crippen LogP contribution is -2.14. The molecule has 27 heavy (non-hydrogen) atoms. The highest BCUT2D eigenvalue weighted by atomic mass is 35.5. The summed E-state index contributed by atoms with van der Waals surface area (Å²) in [6.07, 6.45) is 5.82. The van der Waals surface area contributed by atoms with Crippen molar-refractivity contribution in [3.8, 4) is 0 Å². The normalized spacial score (nSPS) is 15.6. The number of halogens is 1. The van der Waals surface area contributed by atoms with E-state index in [-0.39, 0.29) is 41.3 Å². The largest absolute Gasteiger partial charge is 0.408 e. The van der Waals surface area contributed by atoms with Crippen molar-refractivity contribution in [1.82, 2.24) is 10.2 Å². The molecule has 0 bridgehead atoms. The van der Waals surface area contributed by atoms with Gasteiger partial charge in [0.05, 0.1) is 10.6 Å². The molecule has 1 N–H and O–H groups in total. The molecular weight excluding hydrogens is 390 g/mol. The predicted octanol–water partition coefficient (Wildman–Crippen LogP) is 3.96. The Morgan fingerprint density at radius 3 is 2.56 bits per heavy atom. The Balaban J connectivity index is 1.47. The average Bonchev–Trinajstić information content (AvgIpc) is 3.11. The molecule has 1 fully saturated rings. The fourth-order valence-electron chi connectivity index (χ4n) is 3.16. The van der Waals surface area contributed by atoms with Crippen LogP contribution in [0.25, 0.3) is 0 Å². The Hall–Kier alpha value is -1.93. The standard InChI is InChI=1S/C18H22ClN3O4S/c19-14-8-10-15(11-9-14)27(24,25)12-4-7-16(23)20-18-22-21-17(26-18)13-5-2-1-3-6-13/h8-11,13H,1-7,12H2,(H,20,22,23). The molecule has 0 aliphatic heterocycles. The molecule has 1 aromatic carbocycles. The van der Waals surface area contributed by atoms with Crippen LogP contribution in [0.15, 0.2) is 33.6 Å². The van der Waals surface area contributed by atoms with Gasteiger partial charge in [-0.25, -0.2) is 8.42 Å². The summed E-state index contributed by atoms with van der Waals surface area (Å²) < 4.78 is 30.0. The molecular formula is C18H22ClN3O4S. The van der Waals surface area contributed by atoms with E-state index >= 15 is 0 Å². The maximum Gasteiger partial charge on any atom is 0.322 e. The Kier molecular flexibility index (Phi) is 6.49. The molecule has 1 heterocycles. The van der Waals surface area contributed by atoms with Crippen LogP contribution in [0, 0.1) is 0 Å². The van der Waals surface area contributed by atoms with Gasteiger partial charge in [0.25, 0.3) is 0 Å². The van der Waals surface area contributed by atoms with Crippen LogP contribution in [0.3, 0.4) is 0 Å². The summed E-state index contributed by atoms with van der Waals surface area (Å²) in [5.41, 5.74) is 0. The van der Waals surface area contributed by atoms with Crippen LogP contribution in [0.4, 0.5) is 6.01 Å². The first-order chi connectivity index (χ1) is 12.9. The molecule has 0 atom stereocenters. The predicted molar refractivity (Wildman–Crippen MR) is 101 cm³/mol. The Bertz CT molecular complexity index is 874. The van der Waals surface area contributed by atoms with Gasteiger partial charge in [-0.15, -0.1) is 5.10 Å². The van der Waals surface area contributed by atoms with Gasteiger partial charge in [0.1, 0.15) is 0 Å². The Labute approximate surface area is 163 Å². The minimum absolute atomic E-state index is 0.0496. The minimum atomic E-state index is -3.45. The molecule has 1 aliphatic rings. The zero-order chi connectivity index (χ0) is 19.3. The number of nitrogens with zero attached hydrogens (tertiary/aromatic N) is 2. The number of hydrogen-bond acceptors (Lipinski definition) is 6. The topological polar surface area (TPSA) is 102 Å². The van der Waals surface area contributed by atoms with Crippen molar-refractivity contribution in [1.29, 1.82) is 0 Å². The molecule has 0 spiro atoms. The van der Waals surface area contributed by atoms with Crippen LogP contribution in [0.1, 0.15) is 56.8 Å². The van der Waals surface area contributed by atoms with E-state index in [4.69, 9.17) is 16.0 Å². The molecule has 0 unspecified atom stereocenters. The second-order valence-corrected chi connectivity index (χ2v) is 9.25. The molecule has 3 rings (SSSR count). The summed E-state index contributed by atoms with van der Waals surface area (Å²) >= 11 is 5.77. The highest BCUT2D eigenvalue weighted by Crippen LogP contribution is 2.32. The van der Waals surface area contributed by atoms with Crippen molar-refractivity contribution in [2.45, 2.75) is 55.8 Å². The number of benzene rings is 1. The Morgan fingerprint density at radius 2 is 1.85 bits per heavy atom. The minimum Gasteiger partial charge on any atom is -0.408 e. The lowest BCUT2D eigenvalue weighted by atomic mass is 9.89. The third-order valence-electron chi connectivity index (χ3n) is 4.63. The van der Waals surface area contributed by atoms with Gasteiger partial charge in [-0.2, -0.15) is 0 Å². The number of nitrogens with one attached hydrogen (secondary N) is 1. The van der Waals surface area contributed by atoms with Gasteiger partial charge in [0.15, 0.2) is 9.84 Å². The van der Waals surface area contributed by atoms with Crippen molar-refractivity contribution in [3.05, 3.63) is 35.2 Å². The summed E-state index contributed by atoms with van der Waals surface area (Å²) in [4.78, 5) is 12.2. The zero-order valence-electron chi connectivity index (χ0n) is 14.9. The van der Waals surface area contributed by atoms with Crippen LogP contribution in [0.5, 0.6) is 0 Å². The molecule has 9 heteroatoms. The summed E-state index contributed by atoms with van der Waals surface area (Å²) in [6.45, 7) is 0. The maximum atomic E-state index is 12.2. The number of anilines is 1. The zero-order valence-corrected chi connectivity index (χ0v) is 16.4. The van der Waals surface area contributed by atoms with E-state index in [1.165, 1.54) is 30.7 Å². The van der Waals surface area contributed by atoms with E-state index in [1.54, 1.807) is 0 Å². The number of amides is 1. The van der Waals surface area contributed by atoms with Crippen molar-refractivity contribution >= 4 is 33.4 Å². The first kappa shape index (κ1) is 19.8. The van der Waals surface area contributed by atoms with E-state index in [9.17, 15) is 13.2 Å². The van der Waals surface area contributed by atoms with Crippen molar-refractivity contribution in [2.24, 2.45) is 0 Å². The summed E-state index contributed by atoms with van der Waals surface area (Å²) in [5, 5.41) is 10.9. The van der Waals surface area contributed by atoms with E-state index < -0.39 is 9.84 Å². The van der Waals surface area contributed by atoms with Crippen LogP contribution in [-0.2, 0) is 14.6 Å². The summed E-state index contributed by atoms with van der Waals surface area (Å²) in [6, 6.07) is 6.05. The SMILES string of the molecule is O=C(CCCS(=O)(=O)c1ccc(Cl)cc1)Nc1nnc(C2CCCCC2)o1. The molecule has 1 saturated carbocycles. The molecule has 1 amide bonds. The van der Waals surface area contributed by atoms with Gasteiger partial charge in [-0.05, 0) is 43.5 Å². The van der Waals surface area contributed by atoms with Gasteiger partial charge in [0, 0.05) is 17.4 Å². The van der Waals surface area contributed by atoms with Crippen LogP contribution in [-0.4, -0.2) is 30.3 Å². The smallest absolute Gasteiger partial charge is 0.322 e. The van der Waals surface area contributed by atoms with Gasteiger partial charge < -0.3 is 4.42 Å². The number of carbonyl (C=O) groups is 1. The first-order valence-corrected chi connectivity index (χ1v) is 11.1. The second-order valence-electron chi connectivity index (χ2n) is 6.70. The Morgan fingerprint density at radius 1 is 1.15 bits per heavy atom. The van der Waals surface area contributed by atoms with E-state index in [0.29, 0.717) is 10.9 Å². The van der Waals surface area contributed by atoms with Crippen LogP contribution in [0.2, 0.25) is 5.02 Å². The average molecular weight is 412 g/mol. The number of hydrogen-bond donors (Lipinski definition) is 1. The first-order valence-electron chi connectivity index (χ1n) is 9.05. The summed E-state index contributed by atoms with van der Waals surface area (Å²) in [7, 11) is -3.45. The molecule has 0 saturated heterocycles. The van der Waals surface area contributed by atoms with Gasteiger partial charge in [-0.3, -0.25) is 10.1 Å². The van der Waals surface area contributed by atoms with Crippen LogP contribution >= 0.6 is 11.6 Å². The number of aromatic nitrogens is 2. The third-order valence-corrected chi connectivity index (χ3v) is 6.70. The molecule has 1 aromatic heterocycles. The summed E-state index contributed by atoms with van der Waals surface area (Å²) in [5.74, 6) is 0.357. The number of sulfone groups is 1. The number of carbonyl (C=O) groups excluding carboxylic acids is 1. The molecule has 0 radical (unpaired) electrons. The quantitative estimate of drug-likeness (QED) is 0.739. The van der Waals surface area contributed by atoms with Gasteiger partial charge in [-0.1, -0.05) is 36.0 Å². The highest BCUT2D eigenvalue weighted by Gasteiger charge is 2.22. The lowest BCUT2D eigenvalue weighted by Gasteiger charge is -2.17. The highest BCUT2D eigenvalue weighted by molar-refractivity contribution is 7.91. The van der Waals surface area contributed by atoms with Crippen molar-refractivity contribution in [3.63, 3.8) is 0 Å². The molecule has 146 valence electrons. The second kappa shape index (κ2) is 8.84. The van der Waals surface area contributed by atoms with Gasteiger partial charge in [0.2, 0.25) is 11.8 Å². The third kappa shape index (κ3) is 5.52. The van der Waals surface area contributed by atoms with Crippen molar-refractivity contribution in [2.75, 3.05) is 11.1 Å². The lowest BCUT2D eigenvalue weighted by molar-refractivity contribution is -0.116. The van der Waals surface area contributed by atoms with Crippen molar-refractivity contribution < 1.29 is 17.6 Å². The van der Waals surface area contributed by atoms with E-state index in [0.717, 1.165) is 25.7 Å². The van der Waals surface area contributed by atoms with Gasteiger partial charge >= 0.3 is 6.01 Å². The molecule has 7 nitrogen and oxygen atoms in total. The molecule has 1 aliphatic carbocycles. The maximum absolute atomic E-state index is 12.2. The fraction of sp³-hybridized carbons (Fsp3) is 0.500. The fourth-order valence-corrected chi connectivity index (χ4v) is 4.60. The monoisotopic (exact) mass is 411 g/mol. The van der Waals surface area contributed by atoms with E-state index in [2.05, 4.69) is 15.5 Å². The van der Waals surface area contributed by atoms with E-state index in [1.807, 2.05) is 0 Å². The van der Waals surface area contributed by atoms with Crippen LogP contribution < -0.4 is 5.32 Å². The number of rotatable bonds is 7.